The Bertz CT molecular complexity index is 368. The quantitative estimate of drug-likeness (QED) is 0.758. The molecule has 0 bridgehead atoms. The normalized spacial score (nSPS) is 26.2. The van der Waals surface area contributed by atoms with E-state index in [2.05, 4.69) is 10.2 Å². The SMILES string of the molecule is C\C=C/C=C(\C=C/C)N1CNC(=O)C1(C)CC. The van der Waals surface area contributed by atoms with Crippen molar-refractivity contribution in [1.82, 2.24) is 10.2 Å². The van der Waals surface area contributed by atoms with Crippen LogP contribution in [-0.4, -0.2) is 23.0 Å². The average molecular weight is 234 g/mol. The van der Waals surface area contributed by atoms with E-state index in [-0.39, 0.29) is 5.91 Å². The highest BCUT2D eigenvalue weighted by Crippen LogP contribution is 2.28. The van der Waals surface area contributed by atoms with Gasteiger partial charge in [-0.3, -0.25) is 4.79 Å². The zero-order valence-corrected chi connectivity index (χ0v) is 11.2. The summed E-state index contributed by atoms with van der Waals surface area (Å²) in [5.74, 6) is 0.107. The Morgan fingerprint density at radius 2 is 2.18 bits per heavy atom. The molecular weight excluding hydrogens is 212 g/mol. The maximum Gasteiger partial charge on any atom is 0.247 e. The van der Waals surface area contributed by atoms with Crippen LogP contribution in [0.1, 0.15) is 34.1 Å². The Hall–Kier alpha value is -1.51. The molecule has 0 aromatic rings. The van der Waals surface area contributed by atoms with E-state index < -0.39 is 5.54 Å². The molecule has 0 spiro atoms. The van der Waals surface area contributed by atoms with Gasteiger partial charge >= 0.3 is 0 Å². The fraction of sp³-hybridized carbons (Fsp3) is 0.500. The molecule has 0 aliphatic carbocycles. The predicted octanol–water partition coefficient (Wildman–Crippen LogP) is 2.58. The second-order valence-corrected chi connectivity index (χ2v) is 4.34. The van der Waals surface area contributed by atoms with Crippen LogP contribution in [0, 0.1) is 0 Å². The van der Waals surface area contributed by atoms with Crippen molar-refractivity contribution in [1.29, 1.82) is 0 Å². The summed E-state index contributed by atoms with van der Waals surface area (Å²) in [6, 6.07) is 0. The van der Waals surface area contributed by atoms with Gasteiger partial charge in [-0.2, -0.15) is 0 Å². The molecule has 1 saturated heterocycles. The van der Waals surface area contributed by atoms with Gasteiger partial charge in [0.2, 0.25) is 5.91 Å². The second kappa shape index (κ2) is 5.71. The van der Waals surface area contributed by atoms with E-state index in [0.29, 0.717) is 6.67 Å². The highest BCUT2D eigenvalue weighted by atomic mass is 16.2. The second-order valence-electron chi connectivity index (χ2n) is 4.34. The summed E-state index contributed by atoms with van der Waals surface area (Å²) in [7, 11) is 0. The van der Waals surface area contributed by atoms with Gasteiger partial charge in [0.15, 0.2) is 0 Å². The number of nitrogens with one attached hydrogen (secondary N) is 1. The maximum atomic E-state index is 11.9. The molecule has 1 aliphatic heterocycles. The summed E-state index contributed by atoms with van der Waals surface area (Å²) in [5.41, 5.74) is 0.626. The van der Waals surface area contributed by atoms with Crippen molar-refractivity contribution in [3.05, 3.63) is 36.1 Å². The van der Waals surface area contributed by atoms with Crippen LogP contribution >= 0.6 is 0 Å². The van der Waals surface area contributed by atoms with E-state index in [1.807, 2.05) is 58.1 Å². The number of hydrogen-bond acceptors (Lipinski definition) is 2. The minimum Gasteiger partial charge on any atom is -0.339 e. The van der Waals surface area contributed by atoms with Gasteiger partial charge in [-0.15, -0.1) is 0 Å². The molecule has 3 nitrogen and oxygen atoms in total. The number of carbonyl (C=O) groups is 1. The van der Waals surface area contributed by atoms with Crippen molar-refractivity contribution in [2.75, 3.05) is 6.67 Å². The predicted molar refractivity (Wildman–Crippen MR) is 71.3 cm³/mol. The van der Waals surface area contributed by atoms with Gasteiger partial charge in [0.05, 0.1) is 6.67 Å². The Balaban J connectivity index is 3.07. The lowest BCUT2D eigenvalue weighted by Gasteiger charge is -2.33. The van der Waals surface area contributed by atoms with Gasteiger partial charge in [0.25, 0.3) is 0 Å². The molecule has 3 heteroatoms. The van der Waals surface area contributed by atoms with Crippen LogP contribution in [0.5, 0.6) is 0 Å². The highest BCUT2D eigenvalue weighted by molar-refractivity contribution is 5.88. The van der Waals surface area contributed by atoms with Gasteiger partial charge in [-0.1, -0.05) is 25.2 Å². The molecule has 1 N–H and O–H groups in total. The van der Waals surface area contributed by atoms with Gasteiger partial charge in [0, 0.05) is 5.70 Å². The summed E-state index contributed by atoms with van der Waals surface area (Å²) in [6.07, 6.45) is 10.8. The summed E-state index contributed by atoms with van der Waals surface area (Å²) in [5, 5.41) is 2.91. The summed E-state index contributed by atoms with van der Waals surface area (Å²) >= 11 is 0. The number of allylic oxidation sites excluding steroid dienone is 5. The van der Waals surface area contributed by atoms with E-state index >= 15 is 0 Å². The minimum absolute atomic E-state index is 0.107. The van der Waals surface area contributed by atoms with Crippen LogP contribution in [0.3, 0.4) is 0 Å². The lowest BCUT2D eigenvalue weighted by atomic mass is 9.96. The first-order valence-electron chi connectivity index (χ1n) is 6.11. The van der Waals surface area contributed by atoms with Crippen molar-refractivity contribution in [2.45, 2.75) is 39.7 Å². The Labute approximate surface area is 104 Å². The molecule has 0 saturated carbocycles. The van der Waals surface area contributed by atoms with Crippen LogP contribution in [0.15, 0.2) is 36.1 Å². The van der Waals surface area contributed by atoms with Gasteiger partial charge in [0.1, 0.15) is 5.54 Å². The largest absolute Gasteiger partial charge is 0.339 e. The Morgan fingerprint density at radius 3 is 2.71 bits per heavy atom. The third-order valence-corrected chi connectivity index (χ3v) is 3.28. The van der Waals surface area contributed by atoms with Crippen molar-refractivity contribution in [3.63, 3.8) is 0 Å². The first-order valence-corrected chi connectivity index (χ1v) is 6.11. The first kappa shape index (κ1) is 13.6. The van der Waals surface area contributed by atoms with E-state index in [1.165, 1.54) is 0 Å². The molecule has 1 fully saturated rings. The van der Waals surface area contributed by atoms with Crippen LogP contribution in [0.2, 0.25) is 0 Å². The number of hydrogen-bond donors (Lipinski definition) is 1. The fourth-order valence-corrected chi connectivity index (χ4v) is 1.97. The fourth-order valence-electron chi connectivity index (χ4n) is 1.97. The number of nitrogens with zero attached hydrogens (tertiary/aromatic N) is 1. The molecule has 0 aromatic carbocycles. The molecule has 0 aromatic heterocycles. The standard InChI is InChI=1S/C14H22N2O/c1-5-8-10-12(9-6-2)16-11-15-13(17)14(16,4)7-3/h5-6,8-10H,7,11H2,1-4H3,(H,15,17)/b8-5-,9-6-,12-10+. The third-order valence-electron chi connectivity index (χ3n) is 3.28. The maximum absolute atomic E-state index is 11.9. The zero-order valence-electron chi connectivity index (χ0n) is 11.2. The third kappa shape index (κ3) is 2.60. The molecule has 1 unspecified atom stereocenters. The molecule has 17 heavy (non-hydrogen) atoms. The monoisotopic (exact) mass is 234 g/mol. The number of rotatable bonds is 4. The molecule has 1 heterocycles. The van der Waals surface area contributed by atoms with Crippen LogP contribution in [0.25, 0.3) is 0 Å². The summed E-state index contributed by atoms with van der Waals surface area (Å²) < 4.78 is 0. The first-order chi connectivity index (χ1) is 8.10. The smallest absolute Gasteiger partial charge is 0.247 e. The van der Waals surface area contributed by atoms with Gasteiger partial charge in [-0.25, -0.2) is 0 Å². The molecule has 1 aliphatic rings. The molecule has 1 atom stereocenters. The Kier molecular flexibility index (Phi) is 4.55. The van der Waals surface area contributed by atoms with Crippen molar-refractivity contribution >= 4 is 5.91 Å². The van der Waals surface area contributed by atoms with Crippen molar-refractivity contribution in [3.8, 4) is 0 Å². The highest BCUT2D eigenvalue weighted by Gasteiger charge is 2.43. The Morgan fingerprint density at radius 1 is 1.47 bits per heavy atom. The van der Waals surface area contributed by atoms with Gasteiger partial charge in [-0.05, 0) is 39.3 Å². The van der Waals surface area contributed by atoms with Crippen LogP contribution < -0.4 is 5.32 Å². The van der Waals surface area contributed by atoms with E-state index in [1.54, 1.807) is 0 Å². The zero-order chi connectivity index (χ0) is 12.9. The summed E-state index contributed by atoms with van der Waals surface area (Å²) in [6.45, 7) is 8.58. The van der Waals surface area contributed by atoms with Crippen LogP contribution in [0.4, 0.5) is 0 Å². The summed E-state index contributed by atoms with van der Waals surface area (Å²) in [4.78, 5) is 14.0. The average Bonchev–Trinajstić information content (AvgIpc) is 2.62. The lowest BCUT2D eigenvalue weighted by Crippen LogP contribution is -2.44. The van der Waals surface area contributed by atoms with Gasteiger partial charge < -0.3 is 10.2 Å². The number of amides is 1. The molecule has 1 amide bonds. The molecule has 94 valence electrons. The number of carbonyl (C=O) groups excluding carboxylic acids is 1. The van der Waals surface area contributed by atoms with E-state index in [0.717, 1.165) is 12.1 Å². The van der Waals surface area contributed by atoms with Crippen molar-refractivity contribution in [2.24, 2.45) is 0 Å². The van der Waals surface area contributed by atoms with E-state index in [4.69, 9.17) is 0 Å². The van der Waals surface area contributed by atoms with E-state index in [9.17, 15) is 4.79 Å². The van der Waals surface area contributed by atoms with Crippen molar-refractivity contribution < 1.29 is 4.79 Å². The molecule has 0 radical (unpaired) electrons. The molecular formula is C14H22N2O. The van der Waals surface area contributed by atoms with Crippen LogP contribution in [-0.2, 0) is 4.79 Å². The topological polar surface area (TPSA) is 32.3 Å². The molecule has 1 rings (SSSR count). The lowest BCUT2D eigenvalue weighted by molar-refractivity contribution is -0.125. The minimum atomic E-state index is -0.438.